The lowest BCUT2D eigenvalue weighted by Crippen LogP contribution is -2.49. The van der Waals surface area contributed by atoms with Crippen LogP contribution in [0.5, 0.6) is 0 Å². The third-order valence-electron chi connectivity index (χ3n) is 5.17. The summed E-state index contributed by atoms with van der Waals surface area (Å²) in [5.41, 5.74) is 2.31. The molecular weight excluding hydrogens is 416 g/mol. The molecule has 0 fully saturated rings. The Balaban J connectivity index is 1.78. The molecule has 0 spiro atoms. The molecule has 0 aliphatic heterocycles. The molecule has 2 unspecified atom stereocenters. The van der Waals surface area contributed by atoms with Crippen LogP contribution in [0.4, 0.5) is 0 Å². The summed E-state index contributed by atoms with van der Waals surface area (Å²) >= 11 is 0. The minimum absolute atomic E-state index is 0.175. The van der Waals surface area contributed by atoms with Crippen LogP contribution in [0.15, 0.2) is 91.0 Å². The van der Waals surface area contributed by atoms with Crippen molar-refractivity contribution in [3.05, 3.63) is 108 Å². The van der Waals surface area contributed by atoms with E-state index in [1.807, 2.05) is 66.7 Å². The smallest absolute Gasteiger partial charge is 0.302 e. The molecule has 0 heterocycles. The Bertz CT molecular complexity index is 1040. The van der Waals surface area contributed by atoms with Crippen molar-refractivity contribution in [3.63, 3.8) is 0 Å². The Morgan fingerprint density at radius 1 is 0.788 bits per heavy atom. The molecule has 6 heteroatoms. The van der Waals surface area contributed by atoms with Crippen LogP contribution < -0.4 is 10.6 Å². The highest BCUT2D eigenvalue weighted by molar-refractivity contribution is 5.97. The number of hydrogen-bond donors (Lipinski definition) is 2. The van der Waals surface area contributed by atoms with Crippen molar-refractivity contribution in [1.29, 1.82) is 0 Å². The van der Waals surface area contributed by atoms with Gasteiger partial charge in [0.25, 0.3) is 5.91 Å². The molecule has 3 rings (SSSR count). The van der Waals surface area contributed by atoms with Crippen molar-refractivity contribution < 1.29 is 19.1 Å². The quantitative estimate of drug-likeness (QED) is 0.466. The zero-order valence-corrected chi connectivity index (χ0v) is 18.6. The monoisotopic (exact) mass is 444 g/mol. The van der Waals surface area contributed by atoms with E-state index >= 15 is 0 Å². The van der Waals surface area contributed by atoms with Gasteiger partial charge in [0.05, 0.1) is 12.6 Å². The summed E-state index contributed by atoms with van der Waals surface area (Å²) in [5.74, 6) is -0.993. The first-order valence-corrected chi connectivity index (χ1v) is 10.9. The third kappa shape index (κ3) is 7.61. The maximum Gasteiger partial charge on any atom is 0.302 e. The molecule has 33 heavy (non-hydrogen) atoms. The van der Waals surface area contributed by atoms with Crippen molar-refractivity contribution in [1.82, 2.24) is 10.6 Å². The van der Waals surface area contributed by atoms with Crippen molar-refractivity contribution in [3.8, 4) is 0 Å². The largest absolute Gasteiger partial charge is 0.466 e. The number of benzene rings is 3. The molecule has 0 aliphatic carbocycles. The topological polar surface area (TPSA) is 84.5 Å². The summed E-state index contributed by atoms with van der Waals surface area (Å²) in [5, 5.41) is 5.92. The van der Waals surface area contributed by atoms with Gasteiger partial charge in [-0.3, -0.25) is 14.4 Å². The summed E-state index contributed by atoms with van der Waals surface area (Å²) in [6, 6.07) is 26.7. The molecule has 170 valence electrons. The fraction of sp³-hybridized carbons (Fsp3) is 0.222. The summed E-state index contributed by atoms with van der Waals surface area (Å²) in [4.78, 5) is 37.4. The predicted molar refractivity (Wildman–Crippen MR) is 126 cm³/mol. The predicted octanol–water partition coefficient (Wildman–Crippen LogP) is 3.84. The van der Waals surface area contributed by atoms with Gasteiger partial charge in [-0.1, -0.05) is 78.9 Å². The molecule has 0 aromatic heterocycles. The van der Waals surface area contributed by atoms with E-state index in [1.54, 1.807) is 24.3 Å². The first-order valence-electron chi connectivity index (χ1n) is 10.9. The summed E-state index contributed by atoms with van der Waals surface area (Å²) in [6.45, 7) is 1.53. The van der Waals surface area contributed by atoms with Gasteiger partial charge in [0.1, 0.15) is 6.04 Å². The molecule has 0 radical (unpaired) electrons. The Kier molecular flexibility index (Phi) is 8.77. The highest BCUT2D eigenvalue weighted by Gasteiger charge is 2.25. The third-order valence-corrected chi connectivity index (χ3v) is 5.17. The number of hydrogen-bond acceptors (Lipinski definition) is 4. The van der Waals surface area contributed by atoms with Crippen LogP contribution in [0.25, 0.3) is 0 Å². The zero-order chi connectivity index (χ0) is 23.5. The minimum Gasteiger partial charge on any atom is -0.466 e. The normalized spacial score (nSPS) is 12.3. The Morgan fingerprint density at radius 3 is 1.97 bits per heavy atom. The van der Waals surface area contributed by atoms with Crippen LogP contribution >= 0.6 is 0 Å². The second-order valence-electron chi connectivity index (χ2n) is 7.68. The second kappa shape index (κ2) is 12.2. The highest BCUT2D eigenvalue weighted by atomic mass is 16.5. The number of rotatable bonds is 10. The molecule has 0 aliphatic rings. The van der Waals surface area contributed by atoms with E-state index in [-0.39, 0.29) is 30.4 Å². The number of carbonyl (C=O) groups is 3. The molecule has 0 bridgehead atoms. The van der Waals surface area contributed by atoms with E-state index in [0.29, 0.717) is 18.4 Å². The van der Waals surface area contributed by atoms with Crippen molar-refractivity contribution >= 4 is 17.8 Å². The lowest BCUT2D eigenvalue weighted by atomic mass is 10.0. The van der Waals surface area contributed by atoms with E-state index < -0.39 is 6.04 Å². The van der Waals surface area contributed by atoms with Crippen LogP contribution in [0.3, 0.4) is 0 Å². The van der Waals surface area contributed by atoms with Gasteiger partial charge in [0, 0.05) is 25.3 Å². The summed E-state index contributed by atoms with van der Waals surface area (Å²) in [6.07, 6.45) is 0.761. The standard InChI is InChI=1S/C27H28N2O4/c1-20(30)33-18-17-24(22-13-7-3-8-14-22)28-27(32)25(19-21-11-5-2-6-12-21)29-26(31)23-15-9-4-10-16-23/h2-16,24-25H,17-19H2,1H3,(H,28,32)(H,29,31). The van der Waals surface area contributed by atoms with Crippen molar-refractivity contribution in [2.24, 2.45) is 0 Å². The van der Waals surface area contributed by atoms with Gasteiger partial charge in [-0.15, -0.1) is 0 Å². The van der Waals surface area contributed by atoms with Crippen LogP contribution in [-0.4, -0.2) is 30.4 Å². The fourth-order valence-corrected chi connectivity index (χ4v) is 3.49. The van der Waals surface area contributed by atoms with Crippen LogP contribution in [0, 0.1) is 0 Å². The number of esters is 1. The van der Waals surface area contributed by atoms with E-state index in [0.717, 1.165) is 11.1 Å². The molecule has 0 saturated carbocycles. The van der Waals surface area contributed by atoms with Gasteiger partial charge < -0.3 is 15.4 Å². The molecule has 2 amide bonds. The molecule has 2 N–H and O–H groups in total. The first-order chi connectivity index (χ1) is 16.0. The molecule has 6 nitrogen and oxygen atoms in total. The van der Waals surface area contributed by atoms with E-state index in [1.165, 1.54) is 6.92 Å². The maximum atomic E-state index is 13.4. The maximum absolute atomic E-state index is 13.4. The van der Waals surface area contributed by atoms with Crippen molar-refractivity contribution in [2.45, 2.75) is 31.8 Å². The lowest BCUT2D eigenvalue weighted by Gasteiger charge is -2.24. The highest BCUT2D eigenvalue weighted by Crippen LogP contribution is 2.17. The second-order valence-corrected chi connectivity index (χ2v) is 7.68. The Hall–Kier alpha value is -3.93. The van der Waals surface area contributed by atoms with E-state index in [4.69, 9.17) is 4.74 Å². The lowest BCUT2D eigenvalue weighted by molar-refractivity contribution is -0.141. The first kappa shape index (κ1) is 23.7. The zero-order valence-electron chi connectivity index (χ0n) is 18.6. The molecule has 3 aromatic rings. The minimum atomic E-state index is -0.778. The molecular formula is C27H28N2O4. The summed E-state index contributed by atoms with van der Waals surface area (Å²) in [7, 11) is 0. The molecule has 2 atom stereocenters. The van der Waals surface area contributed by atoms with E-state index in [2.05, 4.69) is 10.6 Å². The SMILES string of the molecule is CC(=O)OCCC(NC(=O)C(Cc1ccccc1)NC(=O)c1ccccc1)c1ccccc1. The van der Waals surface area contributed by atoms with E-state index in [9.17, 15) is 14.4 Å². The van der Waals surface area contributed by atoms with Gasteiger partial charge in [-0.25, -0.2) is 0 Å². The van der Waals surface area contributed by atoms with Crippen LogP contribution in [0.1, 0.15) is 40.9 Å². The van der Waals surface area contributed by atoms with Gasteiger partial charge in [-0.05, 0) is 23.3 Å². The molecule has 0 saturated heterocycles. The van der Waals surface area contributed by atoms with Gasteiger partial charge in [-0.2, -0.15) is 0 Å². The van der Waals surface area contributed by atoms with Gasteiger partial charge in [0.15, 0.2) is 0 Å². The van der Waals surface area contributed by atoms with Gasteiger partial charge >= 0.3 is 5.97 Å². The number of amides is 2. The average molecular weight is 445 g/mol. The number of carbonyl (C=O) groups excluding carboxylic acids is 3. The number of nitrogens with one attached hydrogen (secondary N) is 2. The number of ether oxygens (including phenoxy) is 1. The summed E-state index contributed by atoms with van der Waals surface area (Å²) < 4.78 is 5.09. The Labute approximate surface area is 194 Å². The molecule has 3 aromatic carbocycles. The van der Waals surface area contributed by atoms with Gasteiger partial charge in [0.2, 0.25) is 5.91 Å². The average Bonchev–Trinajstić information content (AvgIpc) is 2.84. The van der Waals surface area contributed by atoms with Crippen LogP contribution in [-0.2, 0) is 20.7 Å². The van der Waals surface area contributed by atoms with Crippen LogP contribution in [0.2, 0.25) is 0 Å². The van der Waals surface area contributed by atoms with Crippen molar-refractivity contribution in [2.75, 3.05) is 6.61 Å². The fourth-order valence-electron chi connectivity index (χ4n) is 3.49. The Morgan fingerprint density at radius 2 is 1.36 bits per heavy atom.